The molecule has 2 aromatic rings. The van der Waals surface area contributed by atoms with E-state index in [1.165, 1.54) is 4.90 Å². The maximum atomic E-state index is 13.5. The van der Waals surface area contributed by atoms with Crippen LogP contribution in [0.15, 0.2) is 48.5 Å². The van der Waals surface area contributed by atoms with Crippen molar-refractivity contribution in [1.82, 2.24) is 4.90 Å². The molecule has 1 saturated carbocycles. The van der Waals surface area contributed by atoms with Crippen LogP contribution in [-0.2, 0) is 21.6 Å². The summed E-state index contributed by atoms with van der Waals surface area (Å²) in [5, 5.41) is 8.75. The van der Waals surface area contributed by atoms with E-state index in [0.717, 1.165) is 18.4 Å². The van der Waals surface area contributed by atoms with Gasteiger partial charge in [-0.05, 0) is 69.7 Å². The van der Waals surface area contributed by atoms with Gasteiger partial charge in [-0.25, -0.2) is 0 Å². The van der Waals surface area contributed by atoms with E-state index in [2.05, 4.69) is 0 Å². The SMILES string of the molecule is [2H]C([2H])(c1ccccc1OCCCCCC(=O)O)N(C(=O)c1ccc(C2(OC)CC2)cc1)C(C)C. The van der Waals surface area contributed by atoms with Crippen LogP contribution in [0, 0.1) is 0 Å². The van der Waals surface area contributed by atoms with Crippen molar-refractivity contribution in [2.24, 2.45) is 0 Å². The molecule has 1 aliphatic rings. The molecule has 1 amide bonds. The highest BCUT2D eigenvalue weighted by Gasteiger charge is 2.44. The number of para-hydroxylation sites is 1. The third-order valence-corrected chi connectivity index (χ3v) is 5.91. The summed E-state index contributed by atoms with van der Waals surface area (Å²) in [6.45, 7) is 1.80. The number of benzene rings is 2. The monoisotopic (exact) mass is 455 g/mol. The molecule has 178 valence electrons. The van der Waals surface area contributed by atoms with E-state index in [9.17, 15) is 9.59 Å². The second-order valence-electron chi connectivity index (χ2n) is 8.71. The predicted octanol–water partition coefficient (Wildman–Crippen LogP) is 5.40. The summed E-state index contributed by atoms with van der Waals surface area (Å²) in [6, 6.07) is 13.7. The molecule has 0 aliphatic heterocycles. The minimum atomic E-state index is -2.12. The largest absolute Gasteiger partial charge is 0.493 e. The molecule has 0 radical (unpaired) electrons. The van der Waals surface area contributed by atoms with Gasteiger partial charge < -0.3 is 19.5 Å². The van der Waals surface area contributed by atoms with Gasteiger partial charge in [-0.3, -0.25) is 9.59 Å². The van der Waals surface area contributed by atoms with Crippen LogP contribution in [0.4, 0.5) is 0 Å². The number of aliphatic carboxylic acids is 1. The molecule has 0 heterocycles. The molecule has 6 heteroatoms. The predicted molar refractivity (Wildman–Crippen MR) is 127 cm³/mol. The van der Waals surface area contributed by atoms with E-state index in [-0.39, 0.29) is 17.6 Å². The molecule has 0 atom stereocenters. The summed E-state index contributed by atoms with van der Waals surface area (Å²) in [5.74, 6) is -0.842. The van der Waals surface area contributed by atoms with Crippen molar-refractivity contribution in [3.63, 3.8) is 0 Å². The van der Waals surface area contributed by atoms with Crippen LogP contribution in [0.3, 0.4) is 0 Å². The molecule has 0 spiro atoms. The fourth-order valence-electron chi connectivity index (χ4n) is 3.75. The van der Waals surface area contributed by atoms with Gasteiger partial charge in [0.1, 0.15) is 5.75 Å². The van der Waals surface area contributed by atoms with Crippen molar-refractivity contribution in [2.75, 3.05) is 13.7 Å². The lowest BCUT2D eigenvalue weighted by Crippen LogP contribution is -2.36. The van der Waals surface area contributed by atoms with Crippen LogP contribution in [0.2, 0.25) is 0 Å². The Morgan fingerprint density at radius 3 is 2.39 bits per heavy atom. The zero-order valence-electron chi connectivity index (χ0n) is 21.7. The quantitative estimate of drug-likeness (QED) is 0.410. The molecule has 1 aliphatic carbocycles. The Morgan fingerprint density at radius 1 is 1.09 bits per heavy atom. The highest BCUT2D eigenvalue weighted by atomic mass is 16.5. The minimum absolute atomic E-state index is 0.123. The summed E-state index contributed by atoms with van der Waals surface area (Å²) in [4.78, 5) is 25.4. The van der Waals surface area contributed by atoms with Crippen LogP contribution in [0.1, 0.15) is 76.6 Å². The average Bonchev–Trinajstić information content (AvgIpc) is 3.62. The van der Waals surface area contributed by atoms with Crippen molar-refractivity contribution in [1.29, 1.82) is 0 Å². The van der Waals surface area contributed by atoms with Crippen LogP contribution < -0.4 is 4.74 Å². The zero-order chi connectivity index (χ0) is 25.6. The Hall–Kier alpha value is -2.86. The molecule has 6 nitrogen and oxygen atoms in total. The van der Waals surface area contributed by atoms with Gasteiger partial charge in [0.05, 0.1) is 14.9 Å². The van der Waals surface area contributed by atoms with Crippen molar-refractivity contribution in [3.8, 4) is 5.75 Å². The fourth-order valence-corrected chi connectivity index (χ4v) is 3.75. The number of amides is 1. The Balaban J connectivity index is 1.77. The van der Waals surface area contributed by atoms with Gasteiger partial charge in [0.15, 0.2) is 0 Å². The van der Waals surface area contributed by atoms with Gasteiger partial charge in [-0.2, -0.15) is 0 Å². The molecule has 33 heavy (non-hydrogen) atoms. The lowest BCUT2D eigenvalue weighted by Gasteiger charge is -2.28. The van der Waals surface area contributed by atoms with Crippen LogP contribution in [-0.4, -0.2) is 41.6 Å². The normalized spacial score (nSPS) is 15.5. The van der Waals surface area contributed by atoms with E-state index in [1.54, 1.807) is 57.4 Å². The lowest BCUT2D eigenvalue weighted by atomic mass is 10.0. The van der Waals surface area contributed by atoms with Gasteiger partial charge >= 0.3 is 5.97 Å². The van der Waals surface area contributed by atoms with Gasteiger partial charge in [0.2, 0.25) is 0 Å². The minimum Gasteiger partial charge on any atom is -0.493 e. The molecule has 0 unspecified atom stereocenters. The topological polar surface area (TPSA) is 76.1 Å². The standard InChI is InChI=1S/C27H35NO5/c1-20(2)28(26(31)21-12-14-23(15-13-21)27(32-3)16-17-27)19-22-9-6-7-10-24(22)33-18-8-4-5-11-25(29)30/h6-7,9-10,12-15,20H,4-5,8,11,16-19H2,1-3H3,(H,29,30)/i19D2. The van der Waals surface area contributed by atoms with E-state index in [0.29, 0.717) is 37.2 Å². The molecule has 3 rings (SSSR count). The maximum Gasteiger partial charge on any atom is 0.303 e. The number of hydrogen-bond donors (Lipinski definition) is 1. The number of carboxylic acid groups (broad SMARTS) is 1. The molecule has 1 fully saturated rings. The summed E-state index contributed by atoms with van der Waals surface area (Å²) >= 11 is 0. The van der Waals surface area contributed by atoms with E-state index < -0.39 is 24.4 Å². The third-order valence-electron chi connectivity index (χ3n) is 5.91. The first kappa shape index (κ1) is 22.0. The van der Waals surface area contributed by atoms with Gasteiger partial charge in [-0.15, -0.1) is 0 Å². The number of carbonyl (C=O) groups is 2. The van der Waals surface area contributed by atoms with Gasteiger partial charge in [-0.1, -0.05) is 30.3 Å². The maximum absolute atomic E-state index is 13.5. The molecule has 1 N–H and O–H groups in total. The first-order chi connectivity index (χ1) is 16.6. The Morgan fingerprint density at radius 2 is 1.79 bits per heavy atom. The van der Waals surface area contributed by atoms with E-state index >= 15 is 0 Å². The summed E-state index contributed by atoms with van der Waals surface area (Å²) < 4.78 is 29.4. The molecular weight excluding hydrogens is 418 g/mol. The number of nitrogens with zero attached hydrogens (tertiary/aromatic N) is 1. The van der Waals surface area contributed by atoms with Crippen LogP contribution >= 0.6 is 0 Å². The Kier molecular flexibility index (Phi) is 7.54. The Labute approximate surface area is 199 Å². The summed E-state index contributed by atoms with van der Waals surface area (Å²) in [6.07, 6.45) is 3.96. The van der Waals surface area contributed by atoms with E-state index in [1.807, 2.05) is 12.1 Å². The number of ether oxygens (including phenoxy) is 2. The van der Waals surface area contributed by atoms with Crippen LogP contribution in [0.25, 0.3) is 0 Å². The smallest absolute Gasteiger partial charge is 0.303 e. The number of unbranched alkanes of at least 4 members (excludes halogenated alkanes) is 2. The average molecular weight is 456 g/mol. The molecule has 2 aromatic carbocycles. The molecular formula is C27H35NO5. The third kappa shape index (κ3) is 6.57. The number of carbonyl (C=O) groups excluding carboxylic acids is 1. The van der Waals surface area contributed by atoms with Gasteiger partial charge in [0, 0.05) is 37.2 Å². The summed E-state index contributed by atoms with van der Waals surface area (Å²) in [7, 11) is 1.69. The Bertz CT molecular complexity index is 1020. The van der Waals surface area contributed by atoms with Crippen molar-refractivity contribution < 1.29 is 26.9 Å². The van der Waals surface area contributed by atoms with E-state index in [4.69, 9.17) is 17.3 Å². The summed E-state index contributed by atoms with van der Waals surface area (Å²) in [5.41, 5.74) is 1.46. The van der Waals surface area contributed by atoms with Crippen LogP contribution in [0.5, 0.6) is 5.75 Å². The second-order valence-corrected chi connectivity index (χ2v) is 8.71. The van der Waals surface area contributed by atoms with Gasteiger partial charge in [0.25, 0.3) is 5.91 Å². The number of carboxylic acids is 1. The van der Waals surface area contributed by atoms with Crippen molar-refractivity contribution in [3.05, 3.63) is 65.2 Å². The zero-order valence-corrected chi connectivity index (χ0v) is 19.7. The molecule has 0 bridgehead atoms. The molecule has 0 aromatic heterocycles. The highest BCUT2D eigenvalue weighted by molar-refractivity contribution is 5.94. The molecule has 0 saturated heterocycles. The highest BCUT2D eigenvalue weighted by Crippen LogP contribution is 2.48. The van der Waals surface area contributed by atoms with Crippen molar-refractivity contribution in [2.45, 2.75) is 70.5 Å². The first-order valence-electron chi connectivity index (χ1n) is 12.6. The number of methoxy groups -OCH3 is 1. The second kappa shape index (κ2) is 11.3. The number of rotatable bonds is 13. The lowest BCUT2D eigenvalue weighted by molar-refractivity contribution is -0.137. The fraction of sp³-hybridized carbons (Fsp3) is 0.481. The number of hydrogen-bond acceptors (Lipinski definition) is 4. The van der Waals surface area contributed by atoms with Crippen molar-refractivity contribution >= 4 is 11.9 Å². The first-order valence-corrected chi connectivity index (χ1v) is 11.6.